The Bertz CT molecular complexity index is 562. The number of hydrogen-bond acceptors (Lipinski definition) is 3. The molecule has 7 heteroatoms. The number of carbonyl (C=O) groups excluding carboxylic acids is 1. The number of hydrogen-bond donors (Lipinski definition) is 3. The van der Waals surface area contributed by atoms with Crippen molar-refractivity contribution in [1.82, 2.24) is 16.0 Å². The van der Waals surface area contributed by atoms with E-state index in [2.05, 4.69) is 27.0 Å². The standard InChI is InChI=1S/C18H30N4O2.HI/c1-6-20-16(23)18(2,3)13-22-17(19-4)21-12-11-14-9-7-8-10-15(14)24-5;/h7-10H,6,11-13H2,1-5H3,(H,20,23)(H2,19,21,22);1H. The number of halogens is 1. The van der Waals surface area contributed by atoms with Crippen LogP contribution in [-0.2, 0) is 11.2 Å². The van der Waals surface area contributed by atoms with Gasteiger partial charge in [-0.15, -0.1) is 24.0 Å². The minimum atomic E-state index is -0.504. The van der Waals surface area contributed by atoms with Gasteiger partial charge in [0.1, 0.15) is 5.75 Å². The van der Waals surface area contributed by atoms with Crippen molar-refractivity contribution < 1.29 is 9.53 Å². The van der Waals surface area contributed by atoms with Gasteiger partial charge >= 0.3 is 0 Å². The van der Waals surface area contributed by atoms with E-state index in [1.54, 1.807) is 14.2 Å². The highest BCUT2D eigenvalue weighted by atomic mass is 127. The van der Waals surface area contributed by atoms with Crippen molar-refractivity contribution in [3.8, 4) is 5.75 Å². The molecular formula is C18H31IN4O2. The van der Waals surface area contributed by atoms with Crippen LogP contribution in [0.2, 0.25) is 0 Å². The molecule has 0 aliphatic rings. The summed E-state index contributed by atoms with van der Waals surface area (Å²) in [4.78, 5) is 16.2. The van der Waals surface area contributed by atoms with Crippen LogP contribution in [-0.4, -0.2) is 45.7 Å². The predicted octanol–water partition coefficient (Wildman–Crippen LogP) is 2.18. The number of nitrogens with one attached hydrogen (secondary N) is 3. The van der Waals surface area contributed by atoms with Gasteiger partial charge in [0, 0.05) is 26.7 Å². The molecule has 1 amide bonds. The van der Waals surface area contributed by atoms with Crippen molar-refractivity contribution in [2.75, 3.05) is 33.8 Å². The summed E-state index contributed by atoms with van der Waals surface area (Å²) in [5, 5.41) is 9.33. The lowest BCUT2D eigenvalue weighted by atomic mass is 9.92. The van der Waals surface area contributed by atoms with Crippen molar-refractivity contribution in [3.05, 3.63) is 29.8 Å². The molecule has 6 nitrogen and oxygen atoms in total. The third-order valence-corrected chi connectivity index (χ3v) is 3.75. The zero-order valence-electron chi connectivity index (χ0n) is 15.8. The smallest absolute Gasteiger partial charge is 0.227 e. The zero-order chi connectivity index (χ0) is 18.0. The number of methoxy groups -OCH3 is 1. The maximum atomic E-state index is 12.0. The summed E-state index contributed by atoms with van der Waals surface area (Å²) in [6.07, 6.45) is 0.824. The van der Waals surface area contributed by atoms with Crippen LogP contribution in [0.15, 0.2) is 29.3 Å². The summed E-state index contributed by atoms with van der Waals surface area (Å²) in [5.41, 5.74) is 0.640. The quantitative estimate of drug-likeness (QED) is 0.315. The van der Waals surface area contributed by atoms with Crippen molar-refractivity contribution in [1.29, 1.82) is 0 Å². The van der Waals surface area contributed by atoms with Crippen LogP contribution in [0.4, 0.5) is 0 Å². The van der Waals surface area contributed by atoms with Gasteiger partial charge in [-0.25, -0.2) is 0 Å². The number of aliphatic imine (C=N–C) groups is 1. The fourth-order valence-electron chi connectivity index (χ4n) is 2.23. The minimum absolute atomic E-state index is 0. The fourth-order valence-corrected chi connectivity index (χ4v) is 2.23. The normalized spacial score (nSPS) is 11.3. The highest BCUT2D eigenvalue weighted by Gasteiger charge is 2.27. The molecule has 0 aliphatic heterocycles. The van der Waals surface area contributed by atoms with Crippen molar-refractivity contribution in [2.24, 2.45) is 10.4 Å². The van der Waals surface area contributed by atoms with E-state index < -0.39 is 5.41 Å². The summed E-state index contributed by atoms with van der Waals surface area (Å²) in [5.74, 6) is 1.60. The van der Waals surface area contributed by atoms with E-state index in [1.165, 1.54) is 0 Å². The Morgan fingerprint density at radius 1 is 1.20 bits per heavy atom. The molecule has 0 aliphatic carbocycles. The molecule has 0 saturated carbocycles. The summed E-state index contributed by atoms with van der Waals surface area (Å²) in [6.45, 7) is 7.60. The van der Waals surface area contributed by atoms with E-state index in [4.69, 9.17) is 4.74 Å². The second-order valence-electron chi connectivity index (χ2n) is 6.16. The van der Waals surface area contributed by atoms with Gasteiger partial charge < -0.3 is 20.7 Å². The Balaban J connectivity index is 0.00000576. The van der Waals surface area contributed by atoms with Gasteiger partial charge in [-0.05, 0) is 38.8 Å². The number of rotatable bonds is 8. The lowest BCUT2D eigenvalue weighted by molar-refractivity contribution is -0.128. The predicted molar refractivity (Wildman–Crippen MR) is 114 cm³/mol. The molecule has 142 valence electrons. The summed E-state index contributed by atoms with van der Waals surface area (Å²) in [6, 6.07) is 7.96. The summed E-state index contributed by atoms with van der Waals surface area (Å²) in [7, 11) is 3.40. The second kappa shape index (κ2) is 11.9. The SMILES string of the molecule is CCNC(=O)C(C)(C)CNC(=NC)NCCc1ccccc1OC.I. The molecule has 0 atom stereocenters. The number of benzene rings is 1. The molecule has 1 rings (SSSR count). The van der Waals surface area contributed by atoms with Crippen LogP contribution in [0.5, 0.6) is 5.75 Å². The van der Waals surface area contributed by atoms with Crippen LogP contribution in [0.25, 0.3) is 0 Å². The molecule has 0 fully saturated rings. The van der Waals surface area contributed by atoms with Crippen LogP contribution in [0.3, 0.4) is 0 Å². The number of nitrogens with zero attached hydrogens (tertiary/aromatic N) is 1. The second-order valence-corrected chi connectivity index (χ2v) is 6.16. The number of ether oxygens (including phenoxy) is 1. The van der Waals surface area contributed by atoms with E-state index in [-0.39, 0.29) is 29.9 Å². The first kappa shape index (κ1) is 23.5. The lowest BCUT2D eigenvalue weighted by Gasteiger charge is -2.24. The number of guanidine groups is 1. The Morgan fingerprint density at radius 3 is 2.48 bits per heavy atom. The lowest BCUT2D eigenvalue weighted by Crippen LogP contribution is -2.48. The van der Waals surface area contributed by atoms with Crippen LogP contribution >= 0.6 is 24.0 Å². The molecule has 3 N–H and O–H groups in total. The first-order chi connectivity index (χ1) is 11.4. The van der Waals surface area contributed by atoms with Gasteiger partial charge in [-0.1, -0.05) is 18.2 Å². The molecule has 0 spiro atoms. The molecule has 25 heavy (non-hydrogen) atoms. The molecule has 0 unspecified atom stereocenters. The van der Waals surface area contributed by atoms with E-state index in [0.717, 1.165) is 24.3 Å². The molecule has 0 radical (unpaired) electrons. The van der Waals surface area contributed by atoms with Gasteiger partial charge in [0.25, 0.3) is 0 Å². The number of para-hydroxylation sites is 1. The Kier molecular flexibility index (Phi) is 11.2. The molecule has 1 aromatic carbocycles. The van der Waals surface area contributed by atoms with Crippen LogP contribution < -0.4 is 20.7 Å². The van der Waals surface area contributed by atoms with Gasteiger partial charge in [0.05, 0.1) is 12.5 Å². The first-order valence-corrected chi connectivity index (χ1v) is 8.29. The first-order valence-electron chi connectivity index (χ1n) is 8.29. The van der Waals surface area contributed by atoms with E-state index in [9.17, 15) is 4.79 Å². The van der Waals surface area contributed by atoms with Crippen LogP contribution in [0, 0.1) is 5.41 Å². The number of amides is 1. The maximum Gasteiger partial charge on any atom is 0.227 e. The molecule has 0 aromatic heterocycles. The molecule has 0 saturated heterocycles. The van der Waals surface area contributed by atoms with E-state index in [1.807, 2.05) is 39.0 Å². The Labute approximate surface area is 168 Å². The molecular weight excluding hydrogens is 431 g/mol. The highest BCUT2D eigenvalue weighted by molar-refractivity contribution is 14.0. The van der Waals surface area contributed by atoms with Gasteiger partial charge in [-0.2, -0.15) is 0 Å². The van der Waals surface area contributed by atoms with Crippen LogP contribution in [0.1, 0.15) is 26.3 Å². The monoisotopic (exact) mass is 462 g/mol. The third-order valence-electron chi connectivity index (χ3n) is 3.75. The molecule has 0 bridgehead atoms. The van der Waals surface area contributed by atoms with E-state index in [0.29, 0.717) is 19.0 Å². The van der Waals surface area contributed by atoms with Gasteiger partial charge in [0.2, 0.25) is 5.91 Å². The van der Waals surface area contributed by atoms with Gasteiger partial charge in [-0.3, -0.25) is 9.79 Å². The molecule has 1 aromatic rings. The Hall–Kier alpha value is -1.51. The maximum absolute atomic E-state index is 12.0. The highest BCUT2D eigenvalue weighted by Crippen LogP contribution is 2.17. The minimum Gasteiger partial charge on any atom is -0.496 e. The summed E-state index contributed by atoms with van der Waals surface area (Å²) < 4.78 is 5.35. The fraction of sp³-hybridized carbons (Fsp3) is 0.556. The van der Waals surface area contributed by atoms with E-state index >= 15 is 0 Å². The van der Waals surface area contributed by atoms with Crippen molar-refractivity contribution in [2.45, 2.75) is 27.2 Å². The average Bonchev–Trinajstić information content (AvgIpc) is 2.58. The third kappa shape index (κ3) is 7.94. The van der Waals surface area contributed by atoms with Gasteiger partial charge in [0.15, 0.2) is 5.96 Å². The Morgan fingerprint density at radius 2 is 1.88 bits per heavy atom. The zero-order valence-corrected chi connectivity index (χ0v) is 18.1. The largest absolute Gasteiger partial charge is 0.496 e. The topological polar surface area (TPSA) is 74.8 Å². The molecule has 0 heterocycles. The summed E-state index contributed by atoms with van der Waals surface area (Å²) >= 11 is 0. The van der Waals surface area contributed by atoms with Crippen molar-refractivity contribution in [3.63, 3.8) is 0 Å². The van der Waals surface area contributed by atoms with Crippen molar-refractivity contribution >= 4 is 35.8 Å². The average molecular weight is 462 g/mol. The number of carbonyl (C=O) groups is 1.